The summed E-state index contributed by atoms with van der Waals surface area (Å²) in [5.74, 6) is -0.563. The molecule has 0 unspecified atom stereocenters. The van der Waals surface area contributed by atoms with Crippen molar-refractivity contribution in [2.24, 2.45) is 0 Å². The van der Waals surface area contributed by atoms with E-state index in [-0.39, 0.29) is 44.7 Å². The summed E-state index contributed by atoms with van der Waals surface area (Å²) in [6, 6.07) is 5.34. The van der Waals surface area contributed by atoms with Crippen LogP contribution in [-0.4, -0.2) is 193 Å². The molecule has 1 aliphatic rings. The molecule has 0 radical (unpaired) electrons. The van der Waals surface area contributed by atoms with Crippen molar-refractivity contribution in [3.63, 3.8) is 0 Å². The van der Waals surface area contributed by atoms with E-state index in [0.29, 0.717) is 22.1 Å². The number of nitrogens with two attached hydrogens (primary N) is 2. The van der Waals surface area contributed by atoms with Gasteiger partial charge in [0.25, 0.3) is 0 Å². The number of aromatic nitrogens is 3. The minimum atomic E-state index is -5.06. The highest BCUT2D eigenvalue weighted by atomic mass is 31.2. The second kappa shape index (κ2) is 27.9. The van der Waals surface area contributed by atoms with Crippen LogP contribution in [0, 0.1) is 5.82 Å². The van der Waals surface area contributed by atoms with Gasteiger partial charge in [-0.1, -0.05) is 12.1 Å². The van der Waals surface area contributed by atoms with Crippen LogP contribution in [0.2, 0.25) is 0 Å². The molecule has 0 bridgehead atoms. The van der Waals surface area contributed by atoms with E-state index in [0.717, 1.165) is 26.4 Å². The number of hydrogen-bond donors (Lipinski definition) is 13. The molecule has 2 aromatic carbocycles. The molecule has 0 saturated carbocycles. The number of quaternary nitrogens is 2. The number of alkyl halides is 6. The zero-order chi connectivity index (χ0) is 52.6. The van der Waals surface area contributed by atoms with Gasteiger partial charge in [0, 0.05) is 20.8 Å². The average molecular weight is 1030 g/mol. The summed E-state index contributed by atoms with van der Waals surface area (Å²) in [5.41, 5.74) is -3.89. The number of likely N-dealkylation sites (N-methyl/N-ethyl adjacent to an activating group) is 2. The van der Waals surface area contributed by atoms with Gasteiger partial charge in [-0.15, -0.1) is 9.55 Å². The standard InChI is InChI=1S/C25H26F7N4O6P.2C7H17NO5/c1-14(16-10-17(24(27,28)29)12-18(11-16)25(30,31)32)42-22-21(15-4-6-19(26)7-5-15)35(8-9-41-22)13-20-33-23(37)36(34-20)43(38,39-2)40-3;2*1-8-2-4(10)6(12)7(13)5(11)3-9/h4-7,10-12,14,21-22H,8-9,13H2,1-3H3,(H,33,34,37);2*4-13H,2-3H2,1H3/p+2/t14-,21+,22-;2*4-,5+,6+,7+/m100/s1. The molecule has 1 fully saturated rings. The van der Waals surface area contributed by atoms with Crippen molar-refractivity contribution in [3.8, 4) is 0 Å². The molecule has 22 nitrogen and oxygen atoms in total. The fourth-order valence-electron chi connectivity index (χ4n) is 6.41. The van der Waals surface area contributed by atoms with Gasteiger partial charge in [-0.25, -0.2) is 13.8 Å². The largest absolute Gasteiger partial charge is 0.459 e. The molecule has 69 heavy (non-hydrogen) atoms. The van der Waals surface area contributed by atoms with Crippen molar-refractivity contribution < 1.29 is 116 Å². The van der Waals surface area contributed by atoms with Crippen LogP contribution in [0.25, 0.3) is 0 Å². The summed E-state index contributed by atoms with van der Waals surface area (Å²) in [5, 5.41) is 97.2. The van der Waals surface area contributed by atoms with Crippen molar-refractivity contribution >= 4 is 7.75 Å². The van der Waals surface area contributed by atoms with Gasteiger partial charge in [0.1, 0.15) is 73.6 Å². The summed E-state index contributed by atoms with van der Waals surface area (Å²) >= 11 is 0. The molecular weight excluding hydrogens is 972 g/mol. The Bertz CT molecular complexity index is 2000. The van der Waals surface area contributed by atoms with E-state index < -0.39 is 129 Å². The smallest absolute Gasteiger partial charge is 0.394 e. The minimum absolute atomic E-state index is 0.00725. The number of nitrogens with zero attached hydrogens (tertiary/aromatic N) is 3. The second-order valence-electron chi connectivity index (χ2n) is 15.3. The number of aliphatic hydroxyl groups excluding tert-OH is 10. The zero-order valence-corrected chi connectivity index (χ0v) is 38.7. The van der Waals surface area contributed by atoms with E-state index >= 15 is 0 Å². The predicted molar refractivity (Wildman–Crippen MR) is 223 cm³/mol. The summed E-state index contributed by atoms with van der Waals surface area (Å²) in [6.45, 7) is 0.446. The summed E-state index contributed by atoms with van der Waals surface area (Å²) < 4.78 is 129. The number of aromatic amines is 1. The first-order valence-electron chi connectivity index (χ1n) is 20.8. The molecule has 4 rings (SSSR count). The average Bonchev–Trinajstić information content (AvgIpc) is 3.69. The van der Waals surface area contributed by atoms with E-state index in [1.54, 1.807) is 29.6 Å². The molecule has 1 saturated heterocycles. The van der Waals surface area contributed by atoms with Gasteiger partial charge in [0.05, 0.1) is 63.7 Å². The lowest BCUT2D eigenvalue weighted by molar-refractivity contribution is -0.635. The molecule has 15 N–H and O–H groups in total. The maximum absolute atomic E-state index is 13.8. The molecule has 396 valence electrons. The summed E-state index contributed by atoms with van der Waals surface area (Å²) in [7, 11) is 1.43. The summed E-state index contributed by atoms with van der Waals surface area (Å²) in [6.07, 6.45) is -23.8. The fraction of sp³-hybridized carbons (Fsp3) is 0.641. The minimum Gasteiger partial charge on any atom is -0.394 e. The zero-order valence-electron chi connectivity index (χ0n) is 37.9. The Balaban J connectivity index is 0.000000513. The predicted octanol–water partition coefficient (Wildman–Crippen LogP) is -3.09. The number of H-pyrrole nitrogens is 1. The molecule has 0 amide bonds. The van der Waals surface area contributed by atoms with Gasteiger partial charge in [0.2, 0.25) is 0 Å². The monoisotopic (exact) mass is 1030 g/mol. The third kappa shape index (κ3) is 17.9. The third-order valence-corrected chi connectivity index (χ3v) is 11.9. The van der Waals surface area contributed by atoms with Crippen LogP contribution in [-0.2, 0) is 42.0 Å². The summed E-state index contributed by atoms with van der Waals surface area (Å²) in [4.78, 5) is 16.6. The van der Waals surface area contributed by atoms with Crippen LogP contribution in [0.4, 0.5) is 30.7 Å². The number of hydrogen-bond acceptors (Lipinski definition) is 18. The Morgan fingerprint density at radius 1 is 0.797 bits per heavy atom. The van der Waals surface area contributed by atoms with Crippen LogP contribution in [0.15, 0.2) is 47.3 Å². The number of rotatable bonds is 21. The second-order valence-corrected chi connectivity index (χ2v) is 17.4. The van der Waals surface area contributed by atoms with Gasteiger partial charge >= 0.3 is 25.8 Å². The fourth-order valence-corrected chi connectivity index (χ4v) is 7.35. The van der Waals surface area contributed by atoms with Gasteiger partial charge in [-0.2, -0.15) is 26.3 Å². The molecule has 3 aromatic rings. The van der Waals surface area contributed by atoms with Crippen molar-refractivity contribution in [1.29, 1.82) is 0 Å². The van der Waals surface area contributed by atoms with Crippen LogP contribution >= 0.6 is 7.75 Å². The number of nitrogens with one attached hydrogen (secondary N) is 1. The van der Waals surface area contributed by atoms with Gasteiger partial charge in [0.15, 0.2) is 6.29 Å². The van der Waals surface area contributed by atoms with Crippen molar-refractivity contribution in [1.82, 2.24) is 19.4 Å². The molecule has 0 spiro atoms. The van der Waals surface area contributed by atoms with E-state index in [4.69, 9.17) is 49.2 Å². The number of ether oxygens (including phenoxy) is 2. The van der Waals surface area contributed by atoms with Gasteiger partial charge < -0.3 is 71.2 Å². The van der Waals surface area contributed by atoms with Crippen molar-refractivity contribution in [2.45, 2.75) is 93.1 Å². The SMILES string of the molecule is COP(=O)(OC)n1nc(CN2CCO[C@H](O[C@H](C)c3cc(C(F)(F)F)cc(C(F)(F)F)c3)[C@@H]2c2ccc(F)cc2)[nH]c1=O.C[NH2+]C[C@H](O)[C@@H](O)[C@H](O)[C@H](O)CO.C[NH2+]C[C@H](O)[C@@H](O)[C@H](O)[C@H](O)CO. The van der Waals surface area contributed by atoms with Gasteiger partial charge in [-0.05, 0) is 48.4 Å². The lowest BCUT2D eigenvalue weighted by atomic mass is 10.0. The highest BCUT2D eigenvalue weighted by Gasteiger charge is 2.40. The Kier molecular flexibility index (Phi) is 24.9. The molecule has 0 aliphatic carbocycles. The Morgan fingerprint density at radius 3 is 1.65 bits per heavy atom. The van der Waals surface area contributed by atoms with Gasteiger partial charge in [-0.3, -0.25) is 18.9 Å². The molecular formula is C39H62F7N6O16P+2. The first-order valence-corrected chi connectivity index (χ1v) is 22.3. The molecule has 30 heteroatoms. The number of halogens is 7. The van der Waals surface area contributed by atoms with Crippen LogP contribution in [0.5, 0.6) is 0 Å². The number of aliphatic hydroxyl groups is 10. The number of morpholine rings is 1. The highest BCUT2D eigenvalue weighted by molar-refractivity contribution is 7.51. The molecule has 1 aliphatic heterocycles. The van der Waals surface area contributed by atoms with E-state index in [9.17, 15) is 60.5 Å². The lowest BCUT2D eigenvalue weighted by Crippen LogP contribution is -2.83. The molecule has 1 aromatic heterocycles. The van der Waals surface area contributed by atoms with Crippen LogP contribution in [0.3, 0.4) is 0 Å². The lowest BCUT2D eigenvalue weighted by Gasteiger charge is -2.41. The Hall–Kier alpha value is -3.56. The third-order valence-electron chi connectivity index (χ3n) is 10.2. The molecule has 11 atom stereocenters. The van der Waals surface area contributed by atoms with E-state index in [1.165, 1.54) is 19.1 Å². The first kappa shape index (κ1) is 61.6. The number of benzene rings is 2. The van der Waals surface area contributed by atoms with Crippen LogP contribution < -0.4 is 16.3 Å². The normalized spacial score (nSPS) is 20.0. The van der Waals surface area contributed by atoms with Crippen molar-refractivity contribution in [3.05, 3.63) is 86.8 Å². The highest BCUT2D eigenvalue weighted by Crippen LogP contribution is 2.45. The van der Waals surface area contributed by atoms with Crippen LogP contribution in [0.1, 0.15) is 47.1 Å². The Labute approximate surface area is 390 Å². The Morgan fingerprint density at radius 2 is 1.25 bits per heavy atom. The quantitative estimate of drug-likeness (QED) is 0.0371. The maximum Gasteiger partial charge on any atom is 0.459 e. The maximum atomic E-state index is 13.8. The first-order chi connectivity index (χ1) is 32.1. The van der Waals surface area contributed by atoms with E-state index in [2.05, 4.69) is 10.1 Å². The molecule has 2 heterocycles. The van der Waals surface area contributed by atoms with E-state index in [1.807, 2.05) is 0 Å². The topological polar surface area (TPSA) is 343 Å². The van der Waals surface area contributed by atoms with Crippen molar-refractivity contribution in [2.75, 3.05) is 67.8 Å².